The minimum atomic E-state index is 0.444. The Morgan fingerprint density at radius 2 is 2.06 bits per heavy atom. The third-order valence-corrected chi connectivity index (χ3v) is 3.66. The SMILES string of the molecule is Nc1nnn(-c2cccc(Cl)c2Cl)c1C1CC1. The van der Waals surface area contributed by atoms with Crippen molar-refractivity contribution in [1.82, 2.24) is 15.0 Å². The number of aromatic nitrogens is 3. The van der Waals surface area contributed by atoms with Crippen molar-refractivity contribution in [2.45, 2.75) is 18.8 Å². The number of nitrogens with two attached hydrogens (primary N) is 1. The molecule has 1 aromatic heterocycles. The van der Waals surface area contributed by atoms with Crippen LogP contribution in [0.1, 0.15) is 24.5 Å². The zero-order valence-electron chi connectivity index (χ0n) is 8.90. The van der Waals surface area contributed by atoms with E-state index in [-0.39, 0.29) is 0 Å². The molecule has 0 atom stereocenters. The summed E-state index contributed by atoms with van der Waals surface area (Å²) in [4.78, 5) is 0. The van der Waals surface area contributed by atoms with E-state index in [1.807, 2.05) is 12.1 Å². The van der Waals surface area contributed by atoms with Gasteiger partial charge in [0.15, 0.2) is 5.82 Å². The lowest BCUT2D eigenvalue weighted by Gasteiger charge is -2.08. The minimum absolute atomic E-state index is 0.444. The van der Waals surface area contributed by atoms with Crippen molar-refractivity contribution < 1.29 is 0 Å². The summed E-state index contributed by atoms with van der Waals surface area (Å²) in [7, 11) is 0. The van der Waals surface area contributed by atoms with Gasteiger partial charge in [-0.2, -0.15) is 0 Å². The summed E-state index contributed by atoms with van der Waals surface area (Å²) in [6.07, 6.45) is 2.24. The van der Waals surface area contributed by atoms with Crippen LogP contribution in [-0.2, 0) is 0 Å². The summed E-state index contributed by atoms with van der Waals surface area (Å²) in [5.74, 6) is 0.920. The molecule has 17 heavy (non-hydrogen) atoms. The number of anilines is 1. The monoisotopic (exact) mass is 268 g/mol. The van der Waals surface area contributed by atoms with Gasteiger partial charge in [-0.25, -0.2) is 4.68 Å². The molecule has 0 unspecified atom stereocenters. The van der Waals surface area contributed by atoms with Crippen molar-refractivity contribution in [3.05, 3.63) is 33.9 Å². The van der Waals surface area contributed by atoms with E-state index in [0.717, 1.165) is 24.2 Å². The van der Waals surface area contributed by atoms with Crippen LogP contribution in [0.25, 0.3) is 5.69 Å². The van der Waals surface area contributed by atoms with E-state index in [4.69, 9.17) is 28.9 Å². The molecule has 4 nitrogen and oxygen atoms in total. The Morgan fingerprint density at radius 3 is 2.76 bits per heavy atom. The maximum Gasteiger partial charge on any atom is 0.169 e. The molecule has 1 aliphatic rings. The summed E-state index contributed by atoms with van der Waals surface area (Å²) >= 11 is 12.2. The number of nitrogens with zero attached hydrogens (tertiary/aromatic N) is 3. The lowest BCUT2D eigenvalue weighted by Crippen LogP contribution is -2.03. The van der Waals surface area contributed by atoms with Crippen LogP contribution in [0.2, 0.25) is 10.0 Å². The molecule has 1 aromatic carbocycles. The molecule has 6 heteroatoms. The standard InChI is InChI=1S/C11H10Cl2N4/c12-7-2-1-3-8(9(7)13)17-10(6-4-5-6)11(14)15-16-17/h1-3,6H,4-5,14H2. The fraction of sp³-hybridized carbons (Fsp3) is 0.273. The second kappa shape index (κ2) is 3.89. The Labute approximate surface area is 108 Å². The lowest BCUT2D eigenvalue weighted by atomic mass is 10.2. The topological polar surface area (TPSA) is 56.7 Å². The summed E-state index contributed by atoms with van der Waals surface area (Å²) in [6.45, 7) is 0. The zero-order chi connectivity index (χ0) is 12.0. The van der Waals surface area contributed by atoms with E-state index in [2.05, 4.69) is 10.3 Å². The normalized spacial score (nSPS) is 15.2. The van der Waals surface area contributed by atoms with Gasteiger partial charge in [0, 0.05) is 5.92 Å². The molecule has 2 aromatic rings. The molecular formula is C11H10Cl2N4. The smallest absolute Gasteiger partial charge is 0.169 e. The second-order valence-electron chi connectivity index (χ2n) is 4.12. The third-order valence-electron chi connectivity index (χ3n) is 2.86. The summed E-state index contributed by atoms with van der Waals surface area (Å²) < 4.78 is 1.70. The first-order valence-corrected chi connectivity index (χ1v) is 6.09. The highest BCUT2D eigenvalue weighted by molar-refractivity contribution is 6.43. The molecule has 0 saturated heterocycles. The van der Waals surface area contributed by atoms with E-state index in [1.54, 1.807) is 10.7 Å². The molecule has 1 fully saturated rings. The minimum Gasteiger partial charge on any atom is -0.381 e. The van der Waals surface area contributed by atoms with Gasteiger partial charge in [-0.3, -0.25) is 0 Å². The molecular weight excluding hydrogens is 259 g/mol. The van der Waals surface area contributed by atoms with Crippen LogP contribution >= 0.6 is 23.2 Å². The van der Waals surface area contributed by atoms with E-state index >= 15 is 0 Å². The van der Waals surface area contributed by atoms with Crippen molar-refractivity contribution in [3.8, 4) is 5.69 Å². The van der Waals surface area contributed by atoms with Crippen molar-refractivity contribution in [3.63, 3.8) is 0 Å². The van der Waals surface area contributed by atoms with Gasteiger partial charge in [-0.1, -0.05) is 34.5 Å². The third kappa shape index (κ3) is 1.77. The summed E-state index contributed by atoms with van der Waals surface area (Å²) in [5.41, 5.74) is 7.50. The van der Waals surface area contributed by atoms with Gasteiger partial charge in [-0.05, 0) is 25.0 Å². The number of hydrogen-bond acceptors (Lipinski definition) is 3. The first-order chi connectivity index (χ1) is 8.18. The van der Waals surface area contributed by atoms with Gasteiger partial charge in [0.05, 0.1) is 21.4 Å². The molecule has 1 aliphatic carbocycles. The Bertz CT molecular complexity index is 575. The van der Waals surface area contributed by atoms with Crippen LogP contribution in [0.3, 0.4) is 0 Å². The highest BCUT2D eigenvalue weighted by atomic mass is 35.5. The predicted molar refractivity (Wildman–Crippen MR) is 67.8 cm³/mol. The average Bonchev–Trinajstić information content (AvgIpc) is 3.07. The zero-order valence-corrected chi connectivity index (χ0v) is 10.4. The highest BCUT2D eigenvalue weighted by Crippen LogP contribution is 2.43. The Kier molecular flexibility index (Phi) is 2.49. The molecule has 0 spiro atoms. The van der Waals surface area contributed by atoms with E-state index in [9.17, 15) is 0 Å². The average molecular weight is 269 g/mol. The largest absolute Gasteiger partial charge is 0.381 e. The molecule has 2 N–H and O–H groups in total. The molecule has 0 aliphatic heterocycles. The first-order valence-electron chi connectivity index (χ1n) is 5.34. The van der Waals surface area contributed by atoms with Crippen LogP contribution < -0.4 is 5.73 Å². The lowest BCUT2D eigenvalue weighted by molar-refractivity contribution is 0.764. The van der Waals surface area contributed by atoms with Gasteiger partial charge in [0.2, 0.25) is 0 Å². The number of benzene rings is 1. The quantitative estimate of drug-likeness (QED) is 0.911. The molecule has 1 heterocycles. The Balaban J connectivity index is 2.18. The summed E-state index contributed by atoms with van der Waals surface area (Å²) in [5, 5.41) is 8.93. The fourth-order valence-corrected chi connectivity index (χ4v) is 2.25. The molecule has 0 bridgehead atoms. The number of halogens is 2. The Morgan fingerprint density at radius 1 is 1.29 bits per heavy atom. The van der Waals surface area contributed by atoms with E-state index in [1.165, 1.54) is 0 Å². The molecule has 88 valence electrons. The number of rotatable bonds is 2. The van der Waals surface area contributed by atoms with E-state index < -0.39 is 0 Å². The van der Waals surface area contributed by atoms with Crippen LogP contribution in [0.5, 0.6) is 0 Å². The van der Waals surface area contributed by atoms with Gasteiger partial charge >= 0.3 is 0 Å². The highest BCUT2D eigenvalue weighted by Gasteiger charge is 2.31. The predicted octanol–water partition coefficient (Wildman–Crippen LogP) is 3.03. The molecule has 0 amide bonds. The Hall–Kier alpha value is -1.26. The van der Waals surface area contributed by atoms with Gasteiger partial charge in [0.25, 0.3) is 0 Å². The maximum absolute atomic E-state index is 6.17. The van der Waals surface area contributed by atoms with Crippen LogP contribution in [-0.4, -0.2) is 15.0 Å². The van der Waals surface area contributed by atoms with Crippen molar-refractivity contribution >= 4 is 29.0 Å². The van der Waals surface area contributed by atoms with Crippen molar-refractivity contribution in [2.24, 2.45) is 0 Å². The molecule has 1 saturated carbocycles. The number of hydrogen-bond donors (Lipinski definition) is 1. The van der Waals surface area contributed by atoms with Gasteiger partial charge < -0.3 is 5.73 Å². The summed E-state index contributed by atoms with van der Waals surface area (Å²) in [6, 6.07) is 5.43. The van der Waals surface area contributed by atoms with Crippen LogP contribution in [0.15, 0.2) is 18.2 Å². The van der Waals surface area contributed by atoms with Gasteiger partial charge in [-0.15, -0.1) is 5.10 Å². The van der Waals surface area contributed by atoms with Crippen LogP contribution in [0, 0.1) is 0 Å². The molecule has 3 rings (SSSR count). The van der Waals surface area contributed by atoms with E-state index in [0.29, 0.717) is 21.8 Å². The van der Waals surface area contributed by atoms with Crippen LogP contribution in [0.4, 0.5) is 5.82 Å². The van der Waals surface area contributed by atoms with Gasteiger partial charge in [0.1, 0.15) is 0 Å². The molecule has 0 radical (unpaired) electrons. The van der Waals surface area contributed by atoms with Crippen molar-refractivity contribution in [1.29, 1.82) is 0 Å². The van der Waals surface area contributed by atoms with Crippen molar-refractivity contribution in [2.75, 3.05) is 5.73 Å². The number of nitrogen functional groups attached to an aromatic ring is 1. The first kappa shape index (κ1) is 10.9. The second-order valence-corrected chi connectivity index (χ2v) is 4.90. The maximum atomic E-state index is 6.17. The fourth-order valence-electron chi connectivity index (χ4n) is 1.87.